The second kappa shape index (κ2) is 5.39. The van der Waals surface area contributed by atoms with Gasteiger partial charge in [0.2, 0.25) is 0 Å². The lowest BCUT2D eigenvalue weighted by Crippen LogP contribution is -2.07. The molecule has 2 nitrogen and oxygen atoms in total. The summed E-state index contributed by atoms with van der Waals surface area (Å²) < 4.78 is 24.6. The molecule has 0 aromatic heterocycles. The Morgan fingerprint density at radius 2 is 2.07 bits per heavy atom. The van der Waals surface area contributed by atoms with Gasteiger partial charge in [-0.2, -0.15) is 0 Å². The molecule has 0 amide bonds. The molecule has 84 valence electrons. The molecule has 0 fully saturated rings. The molecule has 1 rings (SSSR count). The van der Waals surface area contributed by atoms with E-state index in [2.05, 4.69) is 0 Å². The zero-order chi connectivity index (χ0) is 11.4. The number of aliphatic hydroxyl groups is 1. The zero-order valence-electron chi connectivity index (χ0n) is 7.96. The average Bonchev–Trinajstić information content (AvgIpc) is 2.17. The topological polar surface area (TPSA) is 46.2 Å². The molecule has 0 spiro atoms. The summed E-state index contributed by atoms with van der Waals surface area (Å²) in [5, 5.41) is 9.73. The van der Waals surface area contributed by atoms with Crippen LogP contribution in [0.1, 0.15) is 30.1 Å². The van der Waals surface area contributed by atoms with Gasteiger partial charge in [0.1, 0.15) is 0 Å². The summed E-state index contributed by atoms with van der Waals surface area (Å²) in [4.78, 5) is 0. The van der Waals surface area contributed by atoms with Crippen molar-refractivity contribution in [2.45, 2.75) is 19.0 Å². The van der Waals surface area contributed by atoms with E-state index in [-0.39, 0.29) is 10.6 Å². The van der Waals surface area contributed by atoms with Crippen LogP contribution < -0.4 is 5.73 Å². The Morgan fingerprint density at radius 1 is 1.40 bits per heavy atom. The number of aliphatic hydroxyl groups excluding tert-OH is 1. The lowest BCUT2D eigenvalue weighted by molar-refractivity contribution is 0.150. The number of rotatable bonds is 4. The average molecular weight is 236 g/mol. The first-order chi connectivity index (χ1) is 7.06. The van der Waals surface area contributed by atoms with Crippen molar-refractivity contribution in [1.82, 2.24) is 0 Å². The number of benzene rings is 1. The van der Waals surface area contributed by atoms with Crippen LogP contribution in [-0.2, 0) is 0 Å². The van der Waals surface area contributed by atoms with Crippen LogP contribution in [0, 0.1) is 0 Å². The summed E-state index contributed by atoms with van der Waals surface area (Å²) in [6.45, 7) is 0.314. The van der Waals surface area contributed by atoms with Gasteiger partial charge in [0.05, 0.1) is 6.10 Å². The molecule has 0 aliphatic rings. The van der Waals surface area contributed by atoms with Gasteiger partial charge in [0.15, 0.2) is 0 Å². The fourth-order valence-corrected chi connectivity index (χ4v) is 1.58. The first kappa shape index (κ1) is 12.4. The number of hydrogen-bond acceptors (Lipinski definition) is 2. The van der Waals surface area contributed by atoms with E-state index in [1.807, 2.05) is 0 Å². The van der Waals surface area contributed by atoms with Gasteiger partial charge >= 0.3 is 0 Å². The van der Waals surface area contributed by atoms with Crippen molar-refractivity contribution in [2.75, 3.05) is 6.54 Å². The monoisotopic (exact) mass is 235 g/mol. The first-order valence-electron chi connectivity index (χ1n) is 4.52. The quantitative estimate of drug-likeness (QED) is 0.843. The van der Waals surface area contributed by atoms with Crippen LogP contribution in [0.2, 0.25) is 5.02 Å². The molecule has 0 aliphatic heterocycles. The van der Waals surface area contributed by atoms with Gasteiger partial charge in [-0.3, -0.25) is 0 Å². The molecule has 0 heterocycles. The van der Waals surface area contributed by atoms with Crippen LogP contribution in [0.15, 0.2) is 18.2 Å². The Hall–Kier alpha value is -0.710. The minimum absolute atomic E-state index is 0.147. The molecule has 3 N–H and O–H groups in total. The van der Waals surface area contributed by atoms with Crippen molar-refractivity contribution in [2.24, 2.45) is 5.73 Å². The highest BCUT2D eigenvalue weighted by Gasteiger charge is 2.14. The van der Waals surface area contributed by atoms with Gasteiger partial charge in [-0.25, -0.2) is 8.78 Å². The van der Waals surface area contributed by atoms with E-state index in [4.69, 9.17) is 17.3 Å². The van der Waals surface area contributed by atoms with Crippen molar-refractivity contribution >= 4 is 11.6 Å². The second-order valence-corrected chi connectivity index (χ2v) is 3.58. The Balaban J connectivity index is 2.92. The molecule has 0 aliphatic carbocycles. The molecule has 0 radical (unpaired) electrons. The highest BCUT2D eigenvalue weighted by Crippen LogP contribution is 2.29. The number of alkyl halides is 2. The molecule has 1 aromatic carbocycles. The minimum atomic E-state index is -2.55. The van der Waals surface area contributed by atoms with Crippen molar-refractivity contribution < 1.29 is 13.9 Å². The van der Waals surface area contributed by atoms with Crippen molar-refractivity contribution in [3.05, 3.63) is 34.3 Å². The van der Waals surface area contributed by atoms with Crippen LogP contribution in [0.4, 0.5) is 8.78 Å². The molecular weight excluding hydrogens is 224 g/mol. The fraction of sp³-hybridized carbons (Fsp3) is 0.400. The van der Waals surface area contributed by atoms with Crippen LogP contribution >= 0.6 is 11.6 Å². The third kappa shape index (κ3) is 3.12. The molecule has 1 unspecified atom stereocenters. The predicted octanol–water partition coefficient (Wildman–Crippen LogP) is 2.66. The smallest absolute Gasteiger partial charge is 0.263 e. The van der Waals surface area contributed by atoms with Gasteiger partial charge in [-0.1, -0.05) is 23.7 Å². The summed E-state index contributed by atoms with van der Waals surface area (Å²) in [7, 11) is 0. The van der Waals surface area contributed by atoms with E-state index >= 15 is 0 Å². The third-order valence-electron chi connectivity index (χ3n) is 2.08. The van der Waals surface area contributed by atoms with Crippen LogP contribution in [0.25, 0.3) is 0 Å². The molecule has 0 saturated heterocycles. The van der Waals surface area contributed by atoms with Gasteiger partial charge in [0, 0.05) is 10.6 Å². The van der Waals surface area contributed by atoms with Crippen LogP contribution in [0.5, 0.6) is 0 Å². The standard InChI is InChI=1S/C10H12ClF2NO/c11-8-5-6(10(12)13)1-2-7(8)9(15)3-4-14/h1-2,5,9-10,15H,3-4,14H2. The fourth-order valence-electron chi connectivity index (χ4n) is 1.26. The minimum Gasteiger partial charge on any atom is -0.388 e. The van der Waals surface area contributed by atoms with Gasteiger partial charge in [-0.15, -0.1) is 0 Å². The van der Waals surface area contributed by atoms with E-state index in [9.17, 15) is 13.9 Å². The maximum absolute atomic E-state index is 12.3. The van der Waals surface area contributed by atoms with E-state index in [1.54, 1.807) is 0 Å². The molecule has 15 heavy (non-hydrogen) atoms. The van der Waals surface area contributed by atoms with E-state index in [0.29, 0.717) is 18.5 Å². The predicted molar refractivity (Wildman–Crippen MR) is 55.0 cm³/mol. The Morgan fingerprint density at radius 3 is 2.53 bits per heavy atom. The van der Waals surface area contributed by atoms with Crippen molar-refractivity contribution in [3.63, 3.8) is 0 Å². The van der Waals surface area contributed by atoms with Gasteiger partial charge in [-0.05, 0) is 24.6 Å². The maximum Gasteiger partial charge on any atom is 0.263 e. The highest BCUT2D eigenvalue weighted by atomic mass is 35.5. The Kier molecular flexibility index (Phi) is 4.45. The molecular formula is C10H12ClF2NO. The lowest BCUT2D eigenvalue weighted by atomic mass is 10.0. The molecule has 5 heteroatoms. The van der Waals surface area contributed by atoms with E-state index < -0.39 is 12.5 Å². The molecule has 1 aromatic rings. The van der Waals surface area contributed by atoms with Crippen LogP contribution in [0.3, 0.4) is 0 Å². The first-order valence-corrected chi connectivity index (χ1v) is 4.89. The summed E-state index contributed by atoms with van der Waals surface area (Å²) in [6.07, 6.45) is -2.99. The normalized spacial score (nSPS) is 13.2. The van der Waals surface area contributed by atoms with Crippen molar-refractivity contribution in [1.29, 1.82) is 0 Å². The Labute approximate surface area is 91.7 Å². The molecule has 0 saturated carbocycles. The lowest BCUT2D eigenvalue weighted by Gasteiger charge is -2.12. The van der Waals surface area contributed by atoms with Crippen LogP contribution in [-0.4, -0.2) is 11.7 Å². The zero-order valence-corrected chi connectivity index (χ0v) is 8.72. The summed E-state index contributed by atoms with van der Waals surface area (Å²) in [5.41, 5.74) is 5.56. The summed E-state index contributed by atoms with van der Waals surface area (Å²) in [6, 6.07) is 3.83. The SMILES string of the molecule is NCCC(O)c1ccc(C(F)F)cc1Cl. The maximum atomic E-state index is 12.3. The number of halogens is 3. The second-order valence-electron chi connectivity index (χ2n) is 3.17. The van der Waals surface area contributed by atoms with Crippen molar-refractivity contribution in [3.8, 4) is 0 Å². The third-order valence-corrected chi connectivity index (χ3v) is 2.40. The number of nitrogens with two attached hydrogens (primary N) is 1. The molecule has 0 bridgehead atoms. The summed E-state index contributed by atoms with van der Waals surface area (Å²) >= 11 is 5.77. The number of hydrogen-bond donors (Lipinski definition) is 2. The van der Waals surface area contributed by atoms with E-state index in [1.165, 1.54) is 18.2 Å². The van der Waals surface area contributed by atoms with Gasteiger partial charge in [0.25, 0.3) is 6.43 Å². The highest BCUT2D eigenvalue weighted by molar-refractivity contribution is 6.31. The van der Waals surface area contributed by atoms with E-state index in [0.717, 1.165) is 0 Å². The molecule has 1 atom stereocenters. The largest absolute Gasteiger partial charge is 0.388 e. The van der Waals surface area contributed by atoms with Gasteiger partial charge < -0.3 is 10.8 Å². The summed E-state index contributed by atoms with van der Waals surface area (Å²) in [5.74, 6) is 0. The Bertz CT molecular complexity index is 333.